The third-order valence-corrected chi connectivity index (χ3v) is 4.99. The summed E-state index contributed by atoms with van der Waals surface area (Å²) in [5, 5.41) is 2.38. The Bertz CT molecular complexity index is 1010. The van der Waals surface area contributed by atoms with Crippen molar-refractivity contribution < 1.29 is 0 Å². The van der Waals surface area contributed by atoms with Crippen LogP contribution in [0.1, 0.15) is 13.8 Å². The van der Waals surface area contributed by atoms with E-state index in [1.54, 1.807) is 0 Å². The maximum atomic E-state index is 4.91. The first-order valence-corrected chi connectivity index (χ1v) is 9.04. The number of nitrogens with zero attached hydrogens (tertiary/aromatic N) is 2. The quantitative estimate of drug-likeness (QED) is 0.595. The molecule has 0 fully saturated rings. The molecule has 0 aromatic heterocycles. The van der Waals surface area contributed by atoms with Crippen molar-refractivity contribution >= 4 is 27.9 Å². The molecule has 0 bridgehead atoms. The van der Waals surface area contributed by atoms with Crippen molar-refractivity contribution in [3.05, 3.63) is 90.7 Å². The summed E-state index contributed by atoms with van der Waals surface area (Å²) in [6, 6.07) is 14.6. The molecule has 0 N–H and O–H groups in total. The van der Waals surface area contributed by atoms with Gasteiger partial charge in [0.15, 0.2) is 0 Å². The van der Waals surface area contributed by atoms with Gasteiger partial charge in [-0.2, -0.15) is 0 Å². The Morgan fingerprint density at radius 2 is 1.50 bits per heavy atom. The monoisotopic (exact) mass is 338 g/mol. The second kappa shape index (κ2) is 7.09. The number of hydrogen-bond acceptors (Lipinski definition) is 2. The van der Waals surface area contributed by atoms with Gasteiger partial charge in [-0.1, -0.05) is 72.9 Å². The summed E-state index contributed by atoms with van der Waals surface area (Å²) in [6.45, 7) is 4.08. The molecule has 26 heavy (non-hydrogen) atoms. The molecule has 0 amide bonds. The molecule has 0 heterocycles. The van der Waals surface area contributed by atoms with Crippen LogP contribution in [0.15, 0.2) is 101 Å². The SMILES string of the molecule is CC(=N\C1=CC=CC2C=CC=CC12)/C(C)=N/c1cccc2ccccc12. The van der Waals surface area contributed by atoms with Gasteiger partial charge in [-0.25, -0.2) is 0 Å². The molecule has 128 valence electrons. The average Bonchev–Trinajstić information content (AvgIpc) is 2.68. The fraction of sp³-hybridized carbons (Fsp3) is 0.167. The van der Waals surface area contributed by atoms with Crippen molar-refractivity contribution in [3.8, 4) is 0 Å². The van der Waals surface area contributed by atoms with Crippen LogP contribution in [0.5, 0.6) is 0 Å². The third-order valence-electron chi connectivity index (χ3n) is 4.99. The van der Waals surface area contributed by atoms with E-state index in [2.05, 4.69) is 85.0 Å². The number of rotatable bonds is 3. The zero-order valence-corrected chi connectivity index (χ0v) is 15.1. The summed E-state index contributed by atoms with van der Waals surface area (Å²) in [7, 11) is 0. The second-order valence-electron chi connectivity index (χ2n) is 6.74. The molecule has 2 aromatic rings. The lowest BCUT2D eigenvalue weighted by molar-refractivity contribution is 0.618. The first-order chi connectivity index (χ1) is 12.7. The first kappa shape index (κ1) is 16.5. The lowest BCUT2D eigenvalue weighted by Gasteiger charge is -2.24. The van der Waals surface area contributed by atoms with Crippen LogP contribution >= 0.6 is 0 Å². The van der Waals surface area contributed by atoms with Crippen LogP contribution in [-0.4, -0.2) is 11.4 Å². The maximum Gasteiger partial charge on any atom is 0.0711 e. The summed E-state index contributed by atoms with van der Waals surface area (Å²) < 4.78 is 0. The van der Waals surface area contributed by atoms with Crippen molar-refractivity contribution in [1.82, 2.24) is 0 Å². The van der Waals surface area contributed by atoms with Gasteiger partial charge >= 0.3 is 0 Å². The Morgan fingerprint density at radius 3 is 2.42 bits per heavy atom. The van der Waals surface area contributed by atoms with E-state index in [0.29, 0.717) is 11.8 Å². The fourth-order valence-corrected chi connectivity index (χ4v) is 3.45. The second-order valence-corrected chi connectivity index (χ2v) is 6.74. The highest BCUT2D eigenvalue weighted by Gasteiger charge is 2.22. The Hall–Kier alpha value is -3.00. The highest BCUT2D eigenvalue weighted by molar-refractivity contribution is 6.41. The van der Waals surface area contributed by atoms with Crippen LogP contribution in [-0.2, 0) is 0 Å². The maximum absolute atomic E-state index is 4.91. The van der Waals surface area contributed by atoms with Crippen LogP contribution in [0.25, 0.3) is 10.8 Å². The predicted molar refractivity (Wildman–Crippen MR) is 112 cm³/mol. The zero-order chi connectivity index (χ0) is 17.9. The molecule has 0 saturated carbocycles. The van der Waals surface area contributed by atoms with E-state index in [9.17, 15) is 0 Å². The first-order valence-electron chi connectivity index (χ1n) is 9.04. The lowest BCUT2D eigenvalue weighted by atomic mass is 9.83. The molecule has 0 saturated heterocycles. The number of aliphatic imine (C=N–C) groups is 2. The van der Waals surface area contributed by atoms with E-state index < -0.39 is 0 Å². The summed E-state index contributed by atoms with van der Waals surface area (Å²) in [6.07, 6.45) is 15.1. The predicted octanol–water partition coefficient (Wildman–Crippen LogP) is 6.21. The molecule has 4 rings (SSSR count). The summed E-state index contributed by atoms with van der Waals surface area (Å²) in [5.74, 6) is 0.733. The number of hydrogen-bond donors (Lipinski definition) is 0. The van der Waals surface area contributed by atoms with E-state index in [1.807, 2.05) is 13.8 Å². The normalized spacial score (nSPS) is 22.5. The van der Waals surface area contributed by atoms with E-state index in [-0.39, 0.29) is 0 Å². The van der Waals surface area contributed by atoms with Crippen molar-refractivity contribution in [3.63, 3.8) is 0 Å². The summed E-state index contributed by atoms with van der Waals surface area (Å²) in [4.78, 5) is 9.77. The highest BCUT2D eigenvalue weighted by atomic mass is 14.8. The van der Waals surface area contributed by atoms with E-state index in [1.165, 1.54) is 10.8 Å². The van der Waals surface area contributed by atoms with Crippen LogP contribution in [0, 0.1) is 11.8 Å². The molecule has 2 aromatic carbocycles. The lowest BCUT2D eigenvalue weighted by Crippen LogP contribution is -2.16. The largest absolute Gasteiger partial charge is 0.256 e. The Kier molecular flexibility index (Phi) is 4.49. The molecule has 0 radical (unpaired) electrons. The molecule has 2 aliphatic carbocycles. The van der Waals surface area contributed by atoms with Crippen molar-refractivity contribution in [1.29, 1.82) is 0 Å². The van der Waals surface area contributed by atoms with Gasteiger partial charge in [-0.3, -0.25) is 9.98 Å². The molecule has 2 aliphatic rings. The Balaban J connectivity index is 1.66. The van der Waals surface area contributed by atoms with Gasteiger partial charge in [-0.15, -0.1) is 0 Å². The van der Waals surface area contributed by atoms with Crippen molar-refractivity contribution in [2.45, 2.75) is 13.8 Å². The van der Waals surface area contributed by atoms with Crippen LogP contribution in [0.2, 0.25) is 0 Å². The van der Waals surface area contributed by atoms with Crippen molar-refractivity contribution in [2.75, 3.05) is 0 Å². The Labute approximate surface area is 154 Å². The molecular weight excluding hydrogens is 316 g/mol. The summed E-state index contributed by atoms with van der Waals surface area (Å²) >= 11 is 0. The standard InChI is InChI=1S/C24H22N2/c1-17(25-23-15-7-11-19-9-3-5-13-21(19)23)18(2)26-24-16-8-12-20-10-4-6-14-22(20)24/h3-16,19,21H,1-2H3/b25-17+,26-18+. The van der Waals surface area contributed by atoms with E-state index in [4.69, 9.17) is 9.98 Å². The van der Waals surface area contributed by atoms with Crippen LogP contribution < -0.4 is 0 Å². The van der Waals surface area contributed by atoms with Crippen LogP contribution in [0.4, 0.5) is 5.69 Å². The number of fused-ring (bicyclic) bond motifs is 2. The van der Waals surface area contributed by atoms with Gasteiger partial charge < -0.3 is 0 Å². The van der Waals surface area contributed by atoms with Gasteiger partial charge in [0, 0.05) is 22.9 Å². The third kappa shape index (κ3) is 3.23. The van der Waals surface area contributed by atoms with Gasteiger partial charge in [0.25, 0.3) is 0 Å². The zero-order valence-electron chi connectivity index (χ0n) is 15.1. The van der Waals surface area contributed by atoms with Gasteiger partial charge in [0.1, 0.15) is 0 Å². The van der Waals surface area contributed by atoms with Crippen molar-refractivity contribution in [2.24, 2.45) is 21.8 Å². The number of benzene rings is 2. The topological polar surface area (TPSA) is 24.7 Å². The molecule has 2 heteroatoms. The molecule has 2 unspecified atom stereocenters. The minimum absolute atomic E-state index is 0.324. The highest BCUT2D eigenvalue weighted by Crippen LogP contribution is 2.32. The minimum atomic E-state index is 0.324. The Morgan fingerprint density at radius 1 is 0.769 bits per heavy atom. The van der Waals surface area contributed by atoms with Crippen LogP contribution in [0.3, 0.4) is 0 Å². The smallest absolute Gasteiger partial charge is 0.0711 e. The van der Waals surface area contributed by atoms with Gasteiger partial charge in [-0.05, 0) is 31.4 Å². The molecule has 2 atom stereocenters. The molecule has 0 aliphatic heterocycles. The number of allylic oxidation sites excluding steroid dienone is 7. The van der Waals surface area contributed by atoms with Gasteiger partial charge in [0.2, 0.25) is 0 Å². The molecular formula is C24H22N2. The fourth-order valence-electron chi connectivity index (χ4n) is 3.45. The molecule has 0 spiro atoms. The summed E-state index contributed by atoms with van der Waals surface area (Å²) in [5.41, 5.74) is 4.00. The van der Waals surface area contributed by atoms with E-state index >= 15 is 0 Å². The minimum Gasteiger partial charge on any atom is -0.256 e. The molecule has 2 nitrogen and oxygen atoms in total. The van der Waals surface area contributed by atoms with E-state index in [0.717, 1.165) is 22.8 Å². The van der Waals surface area contributed by atoms with Gasteiger partial charge in [0.05, 0.1) is 17.1 Å². The average molecular weight is 338 g/mol.